The van der Waals surface area contributed by atoms with Crippen molar-refractivity contribution < 1.29 is 9.90 Å². The lowest BCUT2D eigenvalue weighted by Gasteiger charge is -2.25. The van der Waals surface area contributed by atoms with Gasteiger partial charge in [-0.25, -0.2) is 4.79 Å². The summed E-state index contributed by atoms with van der Waals surface area (Å²) in [6, 6.07) is 8.58. The Morgan fingerprint density at radius 3 is 3.06 bits per heavy atom. The third kappa shape index (κ3) is 2.42. The summed E-state index contributed by atoms with van der Waals surface area (Å²) >= 11 is 0. The molecule has 1 atom stereocenters. The van der Waals surface area contributed by atoms with Crippen molar-refractivity contribution in [2.45, 2.75) is 25.3 Å². The number of rotatable bonds is 3. The Morgan fingerprint density at radius 1 is 1.44 bits per heavy atom. The third-order valence-corrected chi connectivity index (χ3v) is 2.89. The van der Waals surface area contributed by atoms with Gasteiger partial charge in [0.25, 0.3) is 0 Å². The first-order valence-electron chi connectivity index (χ1n) is 5.50. The van der Waals surface area contributed by atoms with E-state index in [1.54, 1.807) is 0 Å². The molecule has 1 aliphatic rings. The Hall–Kier alpha value is -1.77. The van der Waals surface area contributed by atoms with Crippen LogP contribution in [0.15, 0.2) is 36.5 Å². The zero-order valence-corrected chi connectivity index (χ0v) is 9.02. The van der Waals surface area contributed by atoms with E-state index in [0.29, 0.717) is 0 Å². The maximum absolute atomic E-state index is 10.4. The Labute approximate surface area is 94.8 Å². The average molecular weight is 217 g/mol. The normalized spacial score (nSPS) is 19.4. The third-order valence-electron chi connectivity index (χ3n) is 2.89. The van der Waals surface area contributed by atoms with Crippen LogP contribution in [0.1, 0.15) is 30.0 Å². The molecule has 0 aliphatic heterocycles. The quantitative estimate of drug-likeness (QED) is 0.763. The fraction of sp³-hybridized carbons (Fsp3) is 0.308. The largest absolute Gasteiger partial charge is 0.478 e. The summed E-state index contributed by atoms with van der Waals surface area (Å²) < 4.78 is 0. The van der Waals surface area contributed by atoms with Gasteiger partial charge >= 0.3 is 5.97 Å². The topological polar surface area (TPSA) is 49.3 Å². The number of aliphatic carboxylic acids is 1. The molecule has 0 bridgehead atoms. The highest BCUT2D eigenvalue weighted by Crippen LogP contribution is 2.29. The predicted molar refractivity (Wildman–Crippen MR) is 62.0 cm³/mol. The van der Waals surface area contributed by atoms with E-state index in [-0.39, 0.29) is 6.04 Å². The monoisotopic (exact) mass is 217 g/mol. The SMILES string of the molecule is O=C(O)/C=C/NC1CCCc2ccccc21. The van der Waals surface area contributed by atoms with Crippen LogP contribution < -0.4 is 5.32 Å². The molecule has 0 aromatic heterocycles. The van der Waals surface area contributed by atoms with Crippen LogP contribution in [0.25, 0.3) is 0 Å². The van der Waals surface area contributed by atoms with Crippen molar-refractivity contribution in [2.75, 3.05) is 0 Å². The van der Waals surface area contributed by atoms with Gasteiger partial charge in [0.15, 0.2) is 0 Å². The van der Waals surface area contributed by atoms with Crippen molar-refractivity contribution in [1.29, 1.82) is 0 Å². The van der Waals surface area contributed by atoms with Crippen molar-refractivity contribution in [2.24, 2.45) is 0 Å². The number of benzene rings is 1. The molecule has 1 aromatic carbocycles. The number of aryl methyl sites for hydroxylation is 1. The molecule has 0 saturated heterocycles. The van der Waals surface area contributed by atoms with Gasteiger partial charge in [-0.3, -0.25) is 0 Å². The van der Waals surface area contributed by atoms with Crippen molar-refractivity contribution in [3.63, 3.8) is 0 Å². The molecule has 0 spiro atoms. The Morgan fingerprint density at radius 2 is 2.25 bits per heavy atom. The van der Waals surface area contributed by atoms with Crippen molar-refractivity contribution in [1.82, 2.24) is 5.32 Å². The molecular formula is C13H15NO2. The Balaban J connectivity index is 2.10. The second-order valence-electron chi connectivity index (χ2n) is 3.98. The molecule has 2 N–H and O–H groups in total. The number of hydrogen-bond acceptors (Lipinski definition) is 2. The molecule has 1 aromatic rings. The van der Waals surface area contributed by atoms with E-state index < -0.39 is 5.97 Å². The standard InChI is InChI=1S/C13H15NO2/c15-13(16)8-9-14-12-7-3-5-10-4-1-2-6-11(10)12/h1-2,4,6,8-9,12,14H,3,5,7H2,(H,15,16)/b9-8+. The van der Waals surface area contributed by atoms with Crippen LogP contribution in [0.3, 0.4) is 0 Å². The Bertz CT molecular complexity index is 412. The second-order valence-corrected chi connectivity index (χ2v) is 3.98. The first kappa shape index (κ1) is 10.7. The van der Waals surface area contributed by atoms with Crippen LogP contribution in [-0.4, -0.2) is 11.1 Å². The predicted octanol–water partition coefficient (Wildman–Crippen LogP) is 2.25. The van der Waals surface area contributed by atoms with E-state index in [1.165, 1.54) is 17.3 Å². The van der Waals surface area contributed by atoms with Gasteiger partial charge in [0.1, 0.15) is 0 Å². The first-order chi connectivity index (χ1) is 7.77. The summed E-state index contributed by atoms with van der Waals surface area (Å²) in [5.41, 5.74) is 2.67. The molecule has 84 valence electrons. The van der Waals surface area contributed by atoms with Gasteiger partial charge in [-0.15, -0.1) is 0 Å². The summed E-state index contributed by atoms with van der Waals surface area (Å²) in [4.78, 5) is 10.4. The highest BCUT2D eigenvalue weighted by Gasteiger charge is 2.17. The number of hydrogen-bond donors (Lipinski definition) is 2. The van der Waals surface area contributed by atoms with E-state index in [2.05, 4.69) is 17.4 Å². The van der Waals surface area contributed by atoms with Crippen LogP contribution in [0, 0.1) is 0 Å². The van der Waals surface area contributed by atoms with Crippen LogP contribution >= 0.6 is 0 Å². The van der Waals surface area contributed by atoms with Crippen molar-refractivity contribution in [3.8, 4) is 0 Å². The summed E-state index contributed by atoms with van der Waals surface area (Å²) in [7, 11) is 0. The fourth-order valence-electron chi connectivity index (χ4n) is 2.16. The molecule has 2 rings (SSSR count). The lowest BCUT2D eigenvalue weighted by atomic mass is 9.88. The summed E-state index contributed by atoms with van der Waals surface area (Å²) in [6.07, 6.45) is 5.99. The molecule has 0 fully saturated rings. The van der Waals surface area contributed by atoms with Crippen LogP contribution in [-0.2, 0) is 11.2 Å². The van der Waals surface area contributed by atoms with Gasteiger partial charge in [-0.1, -0.05) is 24.3 Å². The minimum Gasteiger partial charge on any atom is -0.478 e. The maximum Gasteiger partial charge on any atom is 0.329 e. The lowest BCUT2D eigenvalue weighted by molar-refractivity contribution is -0.131. The summed E-state index contributed by atoms with van der Waals surface area (Å²) in [5, 5.41) is 11.7. The van der Waals surface area contributed by atoms with E-state index in [0.717, 1.165) is 25.3 Å². The van der Waals surface area contributed by atoms with E-state index >= 15 is 0 Å². The van der Waals surface area contributed by atoms with Gasteiger partial charge < -0.3 is 10.4 Å². The van der Waals surface area contributed by atoms with E-state index in [1.807, 2.05) is 12.1 Å². The molecule has 0 saturated carbocycles. The second kappa shape index (κ2) is 4.84. The van der Waals surface area contributed by atoms with E-state index in [9.17, 15) is 4.79 Å². The molecule has 1 aliphatic carbocycles. The molecule has 0 amide bonds. The Kier molecular flexibility index (Phi) is 3.25. The zero-order valence-electron chi connectivity index (χ0n) is 9.02. The molecule has 0 heterocycles. The number of carbonyl (C=O) groups is 1. The fourth-order valence-corrected chi connectivity index (χ4v) is 2.16. The van der Waals surface area contributed by atoms with Gasteiger partial charge in [0.2, 0.25) is 0 Å². The van der Waals surface area contributed by atoms with Crippen LogP contribution in [0.5, 0.6) is 0 Å². The zero-order chi connectivity index (χ0) is 11.4. The minimum absolute atomic E-state index is 0.251. The smallest absolute Gasteiger partial charge is 0.329 e. The minimum atomic E-state index is -0.920. The van der Waals surface area contributed by atoms with Crippen LogP contribution in [0.2, 0.25) is 0 Å². The molecule has 1 unspecified atom stereocenters. The highest BCUT2D eigenvalue weighted by atomic mass is 16.4. The number of carboxylic acid groups (broad SMARTS) is 1. The van der Waals surface area contributed by atoms with Crippen molar-refractivity contribution in [3.05, 3.63) is 47.7 Å². The van der Waals surface area contributed by atoms with Gasteiger partial charge in [-0.2, -0.15) is 0 Å². The summed E-state index contributed by atoms with van der Waals surface area (Å²) in [5.74, 6) is -0.920. The van der Waals surface area contributed by atoms with Gasteiger partial charge in [0.05, 0.1) is 6.04 Å². The van der Waals surface area contributed by atoms with Crippen molar-refractivity contribution >= 4 is 5.97 Å². The van der Waals surface area contributed by atoms with E-state index in [4.69, 9.17) is 5.11 Å². The molecule has 3 heteroatoms. The first-order valence-corrected chi connectivity index (χ1v) is 5.50. The highest BCUT2D eigenvalue weighted by molar-refractivity contribution is 5.79. The van der Waals surface area contributed by atoms with Crippen LogP contribution in [0.4, 0.5) is 0 Å². The number of fused-ring (bicyclic) bond motifs is 1. The summed E-state index contributed by atoms with van der Waals surface area (Å²) in [6.45, 7) is 0. The number of carboxylic acids is 1. The molecule has 0 radical (unpaired) electrons. The lowest BCUT2D eigenvalue weighted by Crippen LogP contribution is -2.21. The molecule has 3 nitrogen and oxygen atoms in total. The number of nitrogens with one attached hydrogen (secondary N) is 1. The average Bonchev–Trinajstić information content (AvgIpc) is 2.29. The molecule has 16 heavy (non-hydrogen) atoms. The maximum atomic E-state index is 10.4. The van der Waals surface area contributed by atoms with Gasteiger partial charge in [-0.05, 0) is 30.4 Å². The van der Waals surface area contributed by atoms with Gasteiger partial charge in [0, 0.05) is 12.3 Å². The molecular weight excluding hydrogens is 202 g/mol.